The molecule has 0 aliphatic heterocycles. The summed E-state index contributed by atoms with van der Waals surface area (Å²) in [4.78, 5) is 0. The van der Waals surface area contributed by atoms with Crippen molar-refractivity contribution in [1.82, 2.24) is 0 Å². The minimum absolute atomic E-state index is 0. The Bertz CT molecular complexity index is 34.0. The van der Waals surface area contributed by atoms with Gasteiger partial charge in [-0.1, -0.05) is 18.2 Å². The zero-order chi connectivity index (χ0) is 4.71. The molecule has 0 spiro atoms. The Morgan fingerprint density at radius 2 is 1.83 bits per heavy atom. The predicted octanol–water partition coefficient (Wildman–Crippen LogP) is 1.09. The van der Waals surface area contributed by atoms with Crippen LogP contribution in [0.1, 0.15) is 2.85 Å². The Hall–Kier alpha value is 1.80. The van der Waals surface area contributed by atoms with Gasteiger partial charge < -0.3 is 2.85 Å². The van der Waals surface area contributed by atoms with Crippen molar-refractivity contribution >= 4 is 49.3 Å². The molecule has 4 heteroatoms. The van der Waals surface area contributed by atoms with Crippen molar-refractivity contribution in [2.24, 2.45) is 0 Å². The molecule has 0 aromatic carbocycles. The monoisotopic (exact) mass is 168 g/mol. The Morgan fingerprint density at radius 3 is 1.83 bits per heavy atom. The Kier molecular flexibility index (Phi) is 76.1. The molecular weight excluding hydrogens is 163 g/mol. The van der Waals surface area contributed by atoms with Gasteiger partial charge in [0.25, 0.3) is 0 Å². The number of hydrogen-bond acceptors (Lipinski definition) is 1. The van der Waals surface area contributed by atoms with Crippen molar-refractivity contribution in [2.75, 3.05) is 0 Å². The van der Waals surface area contributed by atoms with E-state index >= 15 is 0 Å². The normalized spacial score (nSPS) is 2.67. The van der Waals surface area contributed by atoms with E-state index in [9.17, 15) is 0 Å². The standard InChI is InChI=1S/C2H3Cl.Ca.O.Ti.2H/c1-2-3;;;;;/h2H,1H2;;;;;/q;+2;;;2*-1. The second kappa shape index (κ2) is 29.2. The van der Waals surface area contributed by atoms with Crippen molar-refractivity contribution in [2.45, 2.75) is 0 Å². The molecular formula is C2H5CaClOTi. The van der Waals surface area contributed by atoms with Crippen molar-refractivity contribution in [3.63, 3.8) is 0 Å². The van der Waals surface area contributed by atoms with Gasteiger partial charge in [-0.15, -0.1) is 0 Å². The average molecular weight is 168 g/mol. The molecule has 0 saturated heterocycles. The van der Waals surface area contributed by atoms with E-state index in [0.717, 1.165) is 20.4 Å². The Balaban J connectivity index is -0.00000000567. The first kappa shape index (κ1) is 15.7. The Labute approximate surface area is 86.8 Å². The van der Waals surface area contributed by atoms with E-state index in [1.54, 1.807) is 0 Å². The van der Waals surface area contributed by atoms with Gasteiger partial charge in [0.2, 0.25) is 0 Å². The molecule has 0 amide bonds. The molecule has 0 radical (unpaired) electrons. The first-order chi connectivity index (χ1) is 2.41. The van der Waals surface area contributed by atoms with Crippen LogP contribution in [-0.2, 0) is 23.7 Å². The van der Waals surface area contributed by atoms with Crippen LogP contribution >= 0.6 is 11.6 Å². The fourth-order valence-corrected chi connectivity index (χ4v) is 0. The van der Waals surface area contributed by atoms with Crippen molar-refractivity contribution in [3.05, 3.63) is 12.1 Å². The van der Waals surface area contributed by atoms with E-state index in [-0.39, 0.29) is 40.6 Å². The zero-order valence-corrected chi connectivity index (χ0v) is 7.80. The molecule has 6 heavy (non-hydrogen) atoms. The van der Waals surface area contributed by atoms with Crippen LogP contribution in [0.4, 0.5) is 0 Å². The fraction of sp³-hybridized carbons (Fsp3) is 0. The van der Waals surface area contributed by atoms with Crippen LogP contribution in [0.15, 0.2) is 12.1 Å². The van der Waals surface area contributed by atoms with E-state index in [1.807, 2.05) is 0 Å². The van der Waals surface area contributed by atoms with Gasteiger partial charge in [0.15, 0.2) is 0 Å². The molecule has 0 fully saturated rings. The molecule has 0 unspecified atom stereocenters. The van der Waals surface area contributed by atoms with Crippen LogP contribution in [0.3, 0.4) is 0 Å². The van der Waals surface area contributed by atoms with Crippen LogP contribution in [-0.4, -0.2) is 37.7 Å². The van der Waals surface area contributed by atoms with Crippen LogP contribution in [0.5, 0.6) is 0 Å². The summed E-state index contributed by atoms with van der Waals surface area (Å²) < 4.78 is 8.25. The number of halogens is 1. The van der Waals surface area contributed by atoms with Gasteiger partial charge in [0, 0.05) is 0 Å². The molecule has 0 bridgehead atoms. The van der Waals surface area contributed by atoms with Crippen molar-refractivity contribution in [1.29, 1.82) is 0 Å². The molecule has 0 aliphatic rings. The molecule has 0 rings (SSSR count). The van der Waals surface area contributed by atoms with Gasteiger partial charge in [0.05, 0.1) is 0 Å². The SMILES string of the molecule is C=CCl.[Ca+2].[H-].[H-].[O]=[Ti]. The summed E-state index contributed by atoms with van der Waals surface area (Å²) in [6, 6.07) is 0. The van der Waals surface area contributed by atoms with Gasteiger partial charge in [-0.3, -0.25) is 0 Å². The maximum absolute atomic E-state index is 8.25. The summed E-state index contributed by atoms with van der Waals surface area (Å²) in [7, 11) is 0. The molecule has 32 valence electrons. The molecule has 0 atom stereocenters. The minimum atomic E-state index is 0. The van der Waals surface area contributed by atoms with Gasteiger partial charge in [-0.2, -0.15) is 0 Å². The second-order valence-corrected chi connectivity index (χ2v) is 0.463. The van der Waals surface area contributed by atoms with Crippen LogP contribution in [0.25, 0.3) is 0 Å². The van der Waals surface area contributed by atoms with Gasteiger partial charge in [-0.05, 0) is 5.54 Å². The average Bonchev–Trinajstić information content (AvgIpc) is 1.46. The topological polar surface area (TPSA) is 17.1 Å². The molecule has 0 aromatic rings. The van der Waals surface area contributed by atoms with Crippen LogP contribution < -0.4 is 0 Å². The van der Waals surface area contributed by atoms with Gasteiger partial charge >= 0.3 is 61.5 Å². The van der Waals surface area contributed by atoms with Gasteiger partial charge in [0.1, 0.15) is 0 Å². The van der Waals surface area contributed by atoms with E-state index in [1.165, 1.54) is 5.54 Å². The zero-order valence-electron chi connectivity index (χ0n) is 5.28. The van der Waals surface area contributed by atoms with Gasteiger partial charge in [-0.25, -0.2) is 0 Å². The molecule has 0 aromatic heterocycles. The third kappa shape index (κ3) is 41.2. The fourth-order valence-electron chi connectivity index (χ4n) is 0. The molecule has 1 nitrogen and oxygen atoms in total. The van der Waals surface area contributed by atoms with E-state index in [0.29, 0.717) is 0 Å². The first-order valence-corrected chi connectivity index (χ1v) is 1.90. The Morgan fingerprint density at radius 1 is 1.83 bits per heavy atom. The third-order valence-electron chi connectivity index (χ3n) is 0. The maximum atomic E-state index is 8.25. The van der Waals surface area contributed by atoms with E-state index in [2.05, 4.69) is 6.58 Å². The molecule has 0 N–H and O–H groups in total. The predicted molar refractivity (Wildman–Crippen MR) is 24.7 cm³/mol. The van der Waals surface area contributed by atoms with Crippen LogP contribution in [0, 0.1) is 0 Å². The quantitative estimate of drug-likeness (QED) is 0.495. The molecule has 0 saturated carbocycles. The summed E-state index contributed by atoms with van der Waals surface area (Å²) in [5.74, 6) is 0. The van der Waals surface area contributed by atoms with Crippen molar-refractivity contribution in [3.8, 4) is 0 Å². The van der Waals surface area contributed by atoms with Crippen molar-refractivity contribution < 1.29 is 26.6 Å². The summed E-state index contributed by atoms with van der Waals surface area (Å²) >= 11 is 5.51. The first-order valence-electron chi connectivity index (χ1n) is 0.831. The number of hydrogen-bond donors (Lipinski definition) is 0. The summed E-state index contributed by atoms with van der Waals surface area (Å²) in [5.41, 5.74) is 1.22. The van der Waals surface area contributed by atoms with E-state index in [4.69, 9.17) is 14.9 Å². The molecule has 0 aliphatic carbocycles. The summed E-state index contributed by atoms with van der Waals surface area (Å²) in [6.45, 7) is 3.13. The number of rotatable bonds is 0. The summed E-state index contributed by atoms with van der Waals surface area (Å²) in [5, 5.41) is 0. The summed E-state index contributed by atoms with van der Waals surface area (Å²) in [6.07, 6.45) is 0. The second-order valence-electron chi connectivity index (χ2n) is 0.154. The van der Waals surface area contributed by atoms with E-state index < -0.39 is 0 Å². The third-order valence-corrected chi connectivity index (χ3v) is 0. The molecule has 0 heterocycles. The van der Waals surface area contributed by atoms with Crippen LogP contribution in [0.2, 0.25) is 0 Å².